The smallest absolute Gasteiger partial charge is 0.221 e. The normalized spacial score (nSPS) is 11.4. The van der Waals surface area contributed by atoms with E-state index in [0.717, 1.165) is 5.39 Å². The van der Waals surface area contributed by atoms with E-state index in [9.17, 15) is 9.59 Å². The topological polar surface area (TPSA) is 108 Å². The Kier molecular flexibility index (Phi) is 3.53. The second-order valence-corrected chi connectivity index (χ2v) is 5.05. The molecule has 7 heteroatoms. The molecule has 0 saturated carbocycles. The van der Waals surface area contributed by atoms with Crippen LogP contribution in [0.3, 0.4) is 0 Å². The number of benzene rings is 1. The number of ketones is 1. The van der Waals surface area contributed by atoms with Crippen LogP contribution in [0, 0.1) is 5.41 Å². The first-order chi connectivity index (χ1) is 11.0. The maximum Gasteiger partial charge on any atom is 0.221 e. The summed E-state index contributed by atoms with van der Waals surface area (Å²) in [6.45, 7) is 1.39. The van der Waals surface area contributed by atoms with E-state index in [1.54, 1.807) is 12.3 Å². The van der Waals surface area contributed by atoms with E-state index in [2.05, 4.69) is 15.3 Å². The molecule has 0 saturated heterocycles. The molecule has 0 unspecified atom stereocenters. The number of H-pyrrole nitrogens is 1. The number of hydrogen-bond donors (Lipinski definition) is 3. The summed E-state index contributed by atoms with van der Waals surface area (Å²) >= 11 is 0. The number of aromatic nitrogens is 2. The second-order valence-electron chi connectivity index (χ2n) is 5.05. The summed E-state index contributed by atoms with van der Waals surface area (Å²) in [5, 5.41) is 12.4. The van der Waals surface area contributed by atoms with Gasteiger partial charge in [0.05, 0.1) is 41.1 Å². The van der Waals surface area contributed by atoms with E-state index in [0.29, 0.717) is 27.8 Å². The third kappa shape index (κ3) is 2.52. The molecule has 0 radical (unpaired) electrons. The molecule has 0 spiro atoms. The predicted octanol–water partition coefficient (Wildman–Crippen LogP) is 1.93. The molecule has 23 heavy (non-hydrogen) atoms. The number of carbonyl (C=O) groups is 2. The zero-order valence-electron chi connectivity index (χ0n) is 12.6. The van der Waals surface area contributed by atoms with Crippen LogP contribution in [0.1, 0.15) is 17.4 Å². The number of aromatic amines is 1. The molecule has 3 rings (SSSR count). The number of allylic oxidation sites excluding steroid dienone is 1. The molecule has 7 nitrogen and oxygen atoms in total. The largest absolute Gasteiger partial charge is 0.504 e. The van der Waals surface area contributed by atoms with Crippen molar-refractivity contribution in [1.82, 2.24) is 9.97 Å². The van der Waals surface area contributed by atoms with Crippen LogP contribution >= 0.6 is 0 Å². The Balaban J connectivity index is 2.30. The standard InChI is InChI=1S/C16H14N4O3/c1-8(21)19-12-6-10(17)15-14-9(7-18-15)5-11(20-16(12)14)13(22)3-4-23-2/h3-7,17,20H,1-2H3,(H,19,21)/b4-3+,17-10?. The summed E-state index contributed by atoms with van der Waals surface area (Å²) in [5.41, 5.74) is 1.87. The maximum absolute atomic E-state index is 12.2. The lowest BCUT2D eigenvalue weighted by Gasteiger charge is -2.09. The van der Waals surface area contributed by atoms with Crippen LogP contribution in [0.2, 0.25) is 0 Å². The fourth-order valence-corrected chi connectivity index (χ4v) is 2.49. The van der Waals surface area contributed by atoms with Gasteiger partial charge in [-0.1, -0.05) is 0 Å². The molecular formula is C16H14N4O3. The summed E-state index contributed by atoms with van der Waals surface area (Å²) < 4.78 is 4.76. The monoisotopic (exact) mass is 310 g/mol. The molecule has 0 aliphatic carbocycles. The molecule has 0 aliphatic heterocycles. The summed E-state index contributed by atoms with van der Waals surface area (Å²) in [4.78, 5) is 30.8. The van der Waals surface area contributed by atoms with Gasteiger partial charge in [-0.3, -0.25) is 20.0 Å². The predicted molar refractivity (Wildman–Crippen MR) is 85.4 cm³/mol. The number of ether oxygens (including phenoxy) is 1. The highest BCUT2D eigenvalue weighted by atomic mass is 16.5. The molecule has 2 aromatic heterocycles. The first kappa shape index (κ1) is 14.7. The number of rotatable bonds is 4. The van der Waals surface area contributed by atoms with Crippen molar-refractivity contribution in [3.63, 3.8) is 0 Å². The van der Waals surface area contributed by atoms with Gasteiger partial charge in [0.1, 0.15) is 0 Å². The van der Waals surface area contributed by atoms with Crippen LogP contribution in [0.4, 0.5) is 5.69 Å². The average Bonchev–Trinajstić information content (AvgIpc) is 2.94. The van der Waals surface area contributed by atoms with E-state index < -0.39 is 0 Å². The molecule has 0 atom stereocenters. The molecular weight excluding hydrogens is 296 g/mol. The number of nitrogens with one attached hydrogen (secondary N) is 3. The minimum absolute atomic E-state index is 0.211. The van der Waals surface area contributed by atoms with Gasteiger partial charge in [0.15, 0.2) is 0 Å². The summed E-state index contributed by atoms with van der Waals surface area (Å²) in [6, 6.07) is 3.18. The van der Waals surface area contributed by atoms with Gasteiger partial charge in [-0.2, -0.15) is 0 Å². The Morgan fingerprint density at radius 3 is 2.87 bits per heavy atom. The number of methoxy groups -OCH3 is 1. The van der Waals surface area contributed by atoms with E-state index in [-0.39, 0.29) is 17.0 Å². The molecule has 0 bridgehead atoms. The number of amides is 1. The van der Waals surface area contributed by atoms with E-state index >= 15 is 0 Å². The van der Waals surface area contributed by atoms with Crippen molar-refractivity contribution < 1.29 is 14.3 Å². The van der Waals surface area contributed by atoms with Crippen LogP contribution in [-0.2, 0) is 9.53 Å². The van der Waals surface area contributed by atoms with Gasteiger partial charge in [0.25, 0.3) is 0 Å². The lowest BCUT2D eigenvalue weighted by Crippen LogP contribution is -2.11. The van der Waals surface area contributed by atoms with Gasteiger partial charge < -0.3 is 15.0 Å². The zero-order chi connectivity index (χ0) is 16.6. The highest BCUT2D eigenvalue weighted by Gasteiger charge is 2.15. The van der Waals surface area contributed by atoms with Crippen molar-refractivity contribution in [2.45, 2.75) is 6.92 Å². The lowest BCUT2D eigenvalue weighted by atomic mass is 10.1. The molecule has 1 amide bonds. The third-order valence-corrected chi connectivity index (χ3v) is 3.41. The number of nitrogens with zero attached hydrogens (tertiary/aromatic N) is 1. The lowest BCUT2D eigenvalue weighted by molar-refractivity contribution is -0.114. The fourth-order valence-electron chi connectivity index (χ4n) is 2.49. The van der Waals surface area contributed by atoms with Crippen LogP contribution in [-0.4, -0.2) is 28.8 Å². The van der Waals surface area contributed by atoms with E-state index in [1.807, 2.05) is 0 Å². The summed E-state index contributed by atoms with van der Waals surface area (Å²) in [7, 11) is 1.46. The Morgan fingerprint density at radius 2 is 2.17 bits per heavy atom. The van der Waals surface area contributed by atoms with Crippen molar-refractivity contribution in [3.8, 4) is 0 Å². The Bertz CT molecular complexity index is 1000. The van der Waals surface area contributed by atoms with Gasteiger partial charge in [0, 0.05) is 30.0 Å². The van der Waals surface area contributed by atoms with Crippen LogP contribution in [0.5, 0.6) is 0 Å². The highest BCUT2D eigenvalue weighted by molar-refractivity contribution is 6.16. The number of pyridine rings is 1. The van der Waals surface area contributed by atoms with Crippen molar-refractivity contribution in [3.05, 3.63) is 41.7 Å². The third-order valence-electron chi connectivity index (χ3n) is 3.41. The van der Waals surface area contributed by atoms with Crippen molar-refractivity contribution in [2.75, 3.05) is 12.4 Å². The molecule has 3 aromatic rings. The van der Waals surface area contributed by atoms with Crippen molar-refractivity contribution >= 4 is 39.2 Å². The maximum atomic E-state index is 12.2. The van der Waals surface area contributed by atoms with Crippen LogP contribution in [0.15, 0.2) is 30.7 Å². The highest BCUT2D eigenvalue weighted by Crippen LogP contribution is 2.29. The molecule has 116 valence electrons. The van der Waals surface area contributed by atoms with Crippen LogP contribution in [0.25, 0.3) is 21.8 Å². The average molecular weight is 310 g/mol. The van der Waals surface area contributed by atoms with Crippen LogP contribution < -0.4 is 10.7 Å². The summed E-state index contributed by atoms with van der Waals surface area (Å²) in [6.07, 6.45) is 4.20. The molecule has 3 N–H and O–H groups in total. The van der Waals surface area contributed by atoms with Gasteiger partial charge in [0.2, 0.25) is 11.7 Å². The van der Waals surface area contributed by atoms with E-state index in [1.165, 1.54) is 32.4 Å². The number of carbonyl (C=O) groups excluding carboxylic acids is 2. The molecule has 0 fully saturated rings. The quantitative estimate of drug-likeness (QED) is 0.389. The number of anilines is 1. The van der Waals surface area contributed by atoms with E-state index in [4.69, 9.17) is 10.1 Å². The molecule has 1 aromatic carbocycles. The Hall–Kier alpha value is -3.22. The first-order valence-electron chi connectivity index (χ1n) is 6.85. The number of hydrogen-bond acceptors (Lipinski definition) is 5. The van der Waals surface area contributed by atoms with Gasteiger partial charge in [-0.05, 0) is 12.1 Å². The summed E-state index contributed by atoms with van der Waals surface area (Å²) in [5.74, 6) is -0.528. The molecule has 0 aliphatic rings. The van der Waals surface area contributed by atoms with Gasteiger partial charge >= 0.3 is 0 Å². The van der Waals surface area contributed by atoms with Gasteiger partial charge in [-0.25, -0.2) is 0 Å². The first-order valence-corrected chi connectivity index (χ1v) is 6.85. The fraction of sp³-hybridized carbons (Fsp3) is 0.125. The van der Waals surface area contributed by atoms with Crippen molar-refractivity contribution in [2.24, 2.45) is 0 Å². The van der Waals surface area contributed by atoms with Gasteiger partial charge in [-0.15, -0.1) is 0 Å². The second kappa shape index (κ2) is 5.53. The minimum atomic E-state index is -0.268. The van der Waals surface area contributed by atoms with Crippen molar-refractivity contribution in [1.29, 1.82) is 5.41 Å². The Morgan fingerprint density at radius 1 is 1.39 bits per heavy atom. The Labute approximate surface area is 130 Å². The molecule has 2 heterocycles. The SMILES string of the molecule is CO/C=C/C(=O)c1cc2cnc3c(=N)cc(NC(C)=O)c([nH]1)c23. The minimum Gasteiger partial charge on any atom is -0.504 e. The zero-order valence-corrected chi connectivity index (χ0v) is 12.6.